The zero-order valence-corrected chi connectivity index (χ0v) is 11.9. The molecule has 1 aromatic carbocycles. The minimum Gasteiger partial charge on any atom is -0.478 e. The minimum atomic E-state index is -1.01. The molecule has 0 saturated heterocycles. The van der Waals surface area contributed by atoms with E-state index in [1.165, 1.54) is 6.08 Å². The Morgan fingerprint density at radius 2 is 1.95 bits per heavy atom. The highest BCUT2D eigenvalue weighted by molar-refractivity contribution is 5.90. The molecule has 0 fully saturated rings. The van der Waals surface area contributed by atoms with E-state index in [-0.39, 0.29) is 12.1 Å². The van der Waals surface area contributed by atoms with E-state index in [1.54, 1.807) is 24.3 Å². The summed E-state index contributed by atoms with van der Waals surface area (Å²) in [6.45, 7) is 6.00. The van der Waals surface area contributed by atoms with Gasteiger partial charge in [-0.3, -0.25) is 0 Å². The number of amides is 2. The fourth-order valence-electron chi connectivity index (χ4n) is 1.43. The van der Waals surface area contributed by atoms with E-state index in [1.807, 2.05) is 20.8 Å². The maximum Gasteiger partial charge on any atom is 0.328 e. The third-order valence-corrected chi connectivity index (χ3v) is 2.92. The molecule has 5 heteroatoms. The second kappa shape index (κ2) is 7.33. The van der Waals surface area contributed by atoms with Crippen LogP contribution in [0.25, 0.3) is 6.08 Å². The lowest BCUT2D eigenvalue weighted by molar-refractivity contribution is -0.131. The van der Waals surface area contributed by atoms with Gasteiger partial charge in [-0.1, -0.05) is 26.0 Å². The number of hydrogen-bond donors (Lipinski definition) is 3. The summed E-state index contributed by atoms with van der Waals surface area (Å²) in [5, 5.41) is 14.1. The van der Waals surface area contributed by atoms with Gasteiger partial charge in [-0.05, 0) is 36.6 Å². The molecule has 0 aromatic heterocycles. The summed E-state index contributed by atoms with van der Waals surface area (Å²) in [6, 6.07) is 6.77. The van der Waals surface area contributed by atoms with Crippen LogP contribution in [-0.2, 0) is 4.79 Å². The molecular formula is C15H20N2O3. The van der Waals surface area contributed by atoms with Crippen molar-refractivity contribution in [2.24, 2.45) is 5.92 Å². The number of carboxylic acids is 1. The Kier molecular flexibility index (Phi) is 5.77. The topological polar surface area (TPSA) is 78.4 Å². The summed E-state index contributed by atoms with van der Waals surface area (Å²) in [7, 11) is 0. The van der Waals surface area contributed by atoms with Crippen molar-refractivity contribution in [1.82, 2.24) is 5.32 Å². The quantitative estimate of drug-likeness (QED) is 0.723. The van der Waals surface area contributed by atoms with Crippen molar-refractivity contribution in [3.05, 3.63) is 35.9 Å². The van der Waals surface area contributed by atoms with Crippen molar-refractivity contribution in [3.8, 4) is 0 Å². The fourth-order valence-corrected chi connectivity index (χ4v) is 1.43. The first-order valence-electron chi connectivity index (χ1n) is 6.47. The zero-order chi connectivity index (χ0) is 15.1. The number of hydrogen-bond acceptors (Lipinski definition) is 2. The smallest absolute Gasteiger partial charge is 0.328 e. The molecular weight excluding hydrogens is 256 g/mol. The summed E-state index contributed by atoms with van der Waals surface area (Å²) < 4.78 is 0. The first-order chi connectivity index (χ1) is 9.38. The van der Waals surface area contributed by atoms with Crippen LogP contribution in [0.5, 0.6) is 0 Å². The van der Waals surface area contributed by atoms with Gasteiger partial charge in [-0.15, -0.1) is 0 Å². The number of anilines is 1. The molecule has 0 bridgehead atoms. The van der Waals surface area contributed by atoms with Crippen LogP contribution in [0, 0.1) is 5.92 Å². The number of carboxylic acid groups (broad SMARTS) is 1. The first-order valence-corrected chi connectivity index (χ1v) is 6.47. The monoisotopic (exact) mass is 276 g/mol. The summed E-state index contributed by atoms with van der Waals surface area (Å²) in [5.74, 6) is -0.655. The van der Waals surface area contributed by atoms with Crippen LogP contribution in [0.1, 0.15) is 26.3 Å². The molecule has 1 atom stereocenters. The second-order valence-corrected chi connectivity index (χ2v) is 4.93. The molecule has 0 aliphatic heterocycles. The predicted molar refractivity (Wildman–Crippen MR) is 79.6 cm³/mol. The van der Waals surface area contributed by atoms with Gasteiger partial charge >= 0.3 is 12.0 Å². The maximum absolute atomic E-state index is 11.8. The summed E-state index contributed by atoms with van der Waals surface area (Å²) in [5.41, 5.74) is 1.33. The normalized spacial score (nSPS) is 12.4. The Balaban J connectivity index is 2.66. The van der Waals surface area contributed by atoms with Crippen molar-refractivity contribution in [3.63, 3.8) is 0 Å². The van der Waals surface area contributed by atoms with Crippen molar-refractivity contribution >= 4 is 23.8 Å². The number of benzene rings is 1. The molecule has 3 N–H and O–H groups in total. The second-order valence-electron chi connectivity index (χ2n) is 4.93. The molecule has 0 heterocycles. The lowest BCUT2D eigenvalue weighted by Crippen LogP contribution is -2.38. The predicted octanol–water partition coefficient (Wildman–Crippen LogP) is 2.95. The first kappa shape index (κ1) is 15.8. The Labute approximate surface area is 118 Å². The van der Waals surface area contributed by atoms with E-state index in [0.717, 1.165) is 6.08 Å². The Hall–Kier alpha value is -2.30. The van der Waals surface area contributed by atoms with E-state index in [2.05, 4.69) is 10.6 Å². The molecule has 0 spiro atoms. The molecule has 108 valence electrons. The molecule has 1 unspecified atom stereocenters. The van der Waals surface area contributed by atoms with Gasteiger partial charge in [-0.2, -0.15) is 0 Å². The van der Waals surface area contributed by atoms with Gasteiger partial charge in [0, 0.05) is 17.8 Å². The molecule has 0 aliphatic carbocycles. The number of carbonyl (C=O) groups excluding carboxylic acids is 1. The van der Waals surface area contributed by atoms with E-state index in [4.69, 9.17) is 5.11 Å². The van der Waals surface area contributed by atoms with Gasteiger partial charge in [0.2, 0.25) is 0 Å². The largest absolute Gasteiger partial charge is 0.478 e. The standard InChI is InChI=1S/C15H20N2O3/c1-10(2)11(3)16-15(20)17-13-6-4-5-12(9-13)7-8-14(18)19/h4-11H,1-3H3,(H,18,19)(H2,16,17,20)/b8-7+. The fraction of sp³-hybridized carbons (Fsp3) is 0.333. The van der Waals surface area contributed by atoms with Crippen molar-refractivity contribution in [2.75, 3.05) is 5.32 Å². The number of carbonyl (C=O) groups is 2. The van der Waals surface area contributed by atoms with Crippen molar-refractivity contribution in [1.29, 1.82) is 0 Å². The number of rotatable bonds is 5. The van der Waals surface area contributed by atoms with E-state index in [0.29, 0.717) is 17.2 Å². The van der Waals surface area contributed by atoms with Crippen LogP contribution in [0.3, 0.4) is 0 Å². The van der Waals surface area contributed by atoms with E-state index < -0.39 is 5.97 Å². The maximum atomic E-state index is 11.8. The van der Waals surface area contributed by atoms with Gasteiger partial charge in [0.15, 0.2) is 0 Å². The van der Waals surface area contributed by atoms with E-state index in [9.17, 15) is 9.59 Å². The third kappa shape index (κ3) is 5.56. The van der Waals surface area contributed by atoms with Crippen LogP contribution in [-0.4, -0.2) is 23.1 Å². The number of nitrogens with one attached hydrogen (secondary N) is 2. The molecule has 0 saturated carbocycles. The van der Waals surface area contributed by atoms with Gasteiger partial charge < -0.3 is 15.7 Å². The highest BCUT2D eigenvalue weighted by atomic mass is 16.4. The van der Waals surface area contributed by atoms with Crippen LogP contribution < -0.4 is 10.6 Å². The molecule has 0 radical (unpaired) electrons. The molecule has 20 heavy (non-hydrogen) atoms. The lowest BCUT2D eigenvalue weighted by Gasteiger charge is -2.17. The van der Waals surface area contributed by atoms with Crippen molar-refractivity contribution < 1.29 is 14.7 Å². The van der Waals surface area contributed by atoms with Gasteiger partial charge in [0.1, 0.15) is 0 Å². The Bertz CT molecular complexity index is 510. The van der Waals surface area contributed by atoms with Gasteiger partial charge in [0.05, 0.1) is 0 Å². The average molecular weight is 276 g/mol. The van der Waals surface area contributed by atoms with Gasteiger partial charge in [-0.25, -0.2) is 9.59 Å². The lowest BCUT2D eigenvalue weighted by atomic mass is 10.1. The van der Waals surface area contributed by atoms with Crippen LogP contribution in [0.2, 0.25) is 0 Å². The molecule has 0 aliphatic rings. The number of urea groups is 1. The summed E-state index contributed by atoms with van der Waals surface area (Å²) in [4.78, 5) is 22.2. The van der Waals surface area contributed by atoms with Gasteiger partial charge in [0.25, 0.3) is 0 Å². The Morgan fingerprint density at radius 3 is 2.55 bits per heavy atom. The third-order valence-electron chi connectivity index (χ3n) is 2.92. The summed E-state index contributed by atoms with van der Waals surface area (Å²) in [6.07, 6.45) is 2.53. The zero-order valence-electron chi connectivity index (χ0n) is 11.9. The SMILES string of the molecule is CC(C)C(C)NC(=O)Nc1cccc(/C=C/C(=O)O)c1. The van der Waals surface area contributed by atoms with Crippen molar-refractivity contribution in [2.45, 2.75) is 26.8 Å². The molecule has 1 rings (SSSR count). The molecule has 1 aromatic rings. The minimum absolute atomic E-state index is 0.0742. The average Bonchev–Trinajstić information content (AvgIpc) is 2.36. The Morgan fingerprint density at radius 1 is 1.25 bits per heavy atom. The van der Waals surface area contributed by atoms with Crippen LogP contribution in [0.4, 0.5) is 10.5 Å². The highest BCUT2D eigenvalue weighted by Gasteiger charge is 2.10. The summed E-state index contributed by atoms with van der Waals surface area (Å²) >= 11 is 0. The van der Waals surface area contributed by atoms with E-state index >= 15 is 0 Å². The highest BCUT2D eigenvalue weighted by Crippen LogP contribution is 2.12. The van der Waals surface area contributed by atoms with Crippen LogP contribution in [0.15, 0.2) is 30.3 Å². The molecule has 5 nitrogen and oxygen atoms in total. The molecule has 2 amide bonds. The van der Waals surface area contributed by atoms with Crippen LogP contribution >= 0.6 is 0 Å². The number of aliphatic carboxylic acids is 1.